The molecule has 1 saturated carbocycles. The zero-order valence-electron chi connectivity index (χ0n) is 11.8. The predicted octanol–water partition coefficient (Wildman–Crippen LogP) is 3.94. The Labute approximate surface area is 120 Å². The van der Waals surface area contributed by atoms with Crippen LogP contribution in [0.15, 0.2) is 6.20 Å². The Hall–Kier alpha value is -1.03. The number of nitrogens with one attached hydrogen (secondary N) is 2. The highest BCUT2D eigenvalue weighted by atomic mass is 35.5. The Morgan fingerprint density at radius 2 is 2.00 bits per heavy atom. The summed E-state index contributed by atoms with van der Waals surface area (Å²) in [6.07, 6.45) is 8.16. The third kappa shape index (κ3) is 3.50. The van der Waals surface area contributed by atoms with Gasteiger partial charge in [-0.3, -0.25) is 0 Å². The van der Waals surface area contributed by atoms with E-state index in [4.69, 9.17) is 11.6 Å². The Balaban J connectivity index is 2.03. The zero-order chi connectivity index (χ0) is 13.7. The Bertz CT molecular complexity index is 416. The topological polar surface area (TPSA) is 49.8 Å². The third-order valence-electron chi connectivity index (χ3n) is 4.12. The van der Waals surface area contributed by atoms with E-state index >= 15 is 0 Å². The molecule has 0 aliphatic heterocycles. The van der Waals surface area contributed by atoms with Crippen molar-refractivity contribution in [1.82, 2.24) is 9.97 Å². The second-order valence-electron chi connectivity index (χ2n) is 5.33. The number of halogens is 1. The van der Waals surface area contributed by atoms with E-state index in [1.54, 1.807) is 6.20 Å². The Morgan fingerprint density at radius 3 is 2.63 bits per heavy atom. The molecule has 1 heterocycles. The fourth-order valence-electron chi connectivity index (χ4n) is 2.79. The minimum Gasteiger partial charge on any atom is -0.368 e. The quantitative estimate of drug-likeness (QED) is 0.830. The van der Waals surface area contributed by atoms with Gasteiger partial charge >= 0.3 is 0 Å². The largest absolute Gasteiger partial charge is 0.368 e. The first-order valence-corrected chi connectivity index (χ1v) is 7.57. The Kier molecular flexibility index (Phi) is 4.86. The molecule has 0 atom stereocenters. The van der Waals surface area contributed by atoms with Gasteiger partial charge in [-0.25, -0.2) is 4.98 Å². The number of anilines is 2. The molecule has 106 valence electrons. The molecule has 0 aromatic carbocycles. The van der Waals surface area contributed by atoms with Crippen molar-refractivity contribution in [2.24, 2.45) is 5.41 Å². The lowest BCUT2D eigenvalue weighted by Gasteiger charge is -2.28. The number of rotatable bonds is 6. The first kappa shape index (κ1) is 14.4. The molecule has 0 amide bonds. The highest BCUT2D eigenvalue weighted by molar-refractivity contribution is 6.32. The lowest BCUT2D eigenvalue weighted by Crippen LogP contribution is -2.26. The van der Waals surface area contributed by atoms with E-state index in [2.05, 4.69) is 27.5 Å². The average Bonchev–Trinajstić information content (AvgIpc) is 2.89. The maximum Gasteiger partial charge on any atom is 0.224 e. The van der Waals surface area contributed by atoms with Crippen LogP contribution >= 0.6 is 11.6 Å². The molecule has 0 bridgehead atoms. The van der Waals surface area contributed by atoms with E-state index in [1.165, 1.54) is 32.1 Å². The molecule has 1 aromatic rings. The van der Waals surface area contributed by atoms with Crippen LogP contribution in [0.2, 0.25) is 5.02 Å². The predicted molar refractivity (Wildman–Crippen MR) is 80.9 cm³/mol. The van der Waals surface area contributed by atoms with Crippen LogP contribution in [0.5, 0.6) is 0 Å². The molecular formula is C14H23ClN4. The smallest absolute Gasteiger partial charge is 0.224 e. The van der Waals surface area contributed by atoms with Gasteiger partial charge in [-0.1, -0.05) is 31.4 Å². The summed E-state index contributed by atoms with van der Waals surface area (Å²) in [5.41, 5.74) is 0.423. The summed E-state index contributed by atoms with van der Waals surface area (Å²) in [6, 6.07) is 0. The van der Waals surface area contributed by atoms with E-state index in [1.807, 2.05) is 6.92 Å². The fourth-order valence-corrected chi connectivity index (χ4v) is 2.94. The summed E-state index contributed by atoms with van der Waals surface area (Å²) in [7, 11) is 0. The van der Waals surface area contributed by atoms with Crippen LogP contribution in [0.3, 0.4) is 0 Å². The lowest BCUT2D eigenvalue weighted by molar-refractivity contribution is 0.306. The summed E-state index contributed by atoms with van der Waals surface area (Å²) in [5, 5.41) is 7.12. The standard InChI is InChI=1S/C14H23ClN4/c1-3-14(7-5-6-8-14)10-18-12-11(15)9-17-13(19-12)16-4-2/h9H,3-8,10H2,1-2H3,(H2,16,17,18,19). The van der Waals surface area contributed by atoms with Crippen molar-refractivity contribution < 1.29 is 0 Å². The number of aromatic nitrogens is 2. The van der Waals surface area contributed by atoms with E-state index in [0.717, 1.165) is 18.9 Å². The van der Waals surface area contributed by atoms with Crippen molar-refractivity contribution in [2.75, 3.05) is 23.7 Å². The van der Waals surface area contributed by atoms with E-state index < -0.39 is 0 Å². The highest BCUT2D eigenvalue weighted by Crippen LogP contribution is 2.41. The molecule has 5 heteroatoms. The van der Waals surface area contributed by atoms with Gasteiger partial charge < -0.3 is 10.6 Å². The summed E-state index contributed by atoms with van der Waals surface area (Å²) in [4.78, 5) is 8.57. The van der Waals surface area contributed by atoms with E-state index in [9.17, 15) is 0 Å². The molecule has 0 spiro atoms. The van der Waals surface area contributed by atoms with Gasteiger partial charge in [0.15, 0.2) is 5.82 Å². The lowest BCUT2D eigenvalue weighted by atomic mass is 9.83. The van der Waals surface area contributed by atoms with Crippen molar-refractivity contribution in [2.45, 2.75) is 46.0 Å². The number of hydrogen-bond acceptors (Lipinski definition) is 4. The second kappa shape index (κ2) is 6.42. The van der Waals surface area contributed by atoms with Gasteiger partial charge in [-0.15, -0.1) is 0 Å². The summed E-state index contributed by atoms with van der Waals surface area (Å²) in [5.74, 6) is 1.37. The van der Waals surface area contributed by atoms with Gasteiger partial charge in [0.1, 0.15) is 5.02 Å². The maximum absolute atomic E-state index is 6.16. The monoisotopic (exact) mass is 282 g/mol. The molecule has 1 fully saturated rings. The van der Waals surface area contributed by atoms with Crippen LogP contribution in [0, 0.1) is 5.41 Å². The first-order valence-electron chi connectivity index (χ1n) is 7.19. The SMILES string of the molecule is CCNc1ncc(Cl)c(NCC2(CC)CCCC2)n1. The molecule has 1 aliphatic rings. The number of nitrogens with zero attached hydrogens (tertiary/aromatic N) is 2. The van der Waals surface area contributed by atoms with Crippen molar-refractivity contribution in [3.63, 3.8) is 0 Å². The highest BCUT2D eigenvalue weighted by Gasteiger charge is 2.31. The van der Waals surface area contributed by atoms with E-state index in [-0.39, 0.29) is 0 Å². The van der Waals surface area contributed by atoms with Gasteiger partial charge in [0.2, 0.25) is 5.95 Å². The van der Waals surface area contributed by atoms with Gasteiger partial charge in [0, 0.05) is 13.1 Å². The van der Waals surface area contributed by atoms with Crippen LogP contribution in [-0.2, 0) is 0 Å². The molecule has 1 aliphatic carbocycles. The molecule has 0 radical (unpaired) electrons. The molecular weight excluding hydrogens is 260 g/mol. The maximum atomic E-state index is 6.16. The van der Waals surface area contributed by atoms with Gasteiger partial charge in [0.05, 0.1) is 6.20 Å². The van der Waals surface area contributed by atoms with Crippen LogP contribution in [0.4, 0.5) is 11.8 Å². The molecule has 0 unspecified atom stereocenters. The van der Waals surface area contributed by atoms with Crippen LogP contribution in [-0.4, -0.2) is 23.1 Å². The minimum absolute atomic E-state index is 0.423. The molecule has 1 aromatic heterocycles. The van der Waals surface area contributed by atoms with Gasteiger partial charge in [-0.05, 0) is 31.6 Å². The van der Waals surface area contributed by atoms with Crippen molar-refractivity contribution in [3.8, 4) is 0 Å². The van der Waals surface area contributed by atoms with E-state index in [0.29, 0.717) is 16.4 Å². The fraction of sp³-hybridized carbons (Fsp3) is 0.714. The Morgan fingerprint density at radius 1 is 1.26 bits per heavy atom. The van der Waals surface area contributed by atoms with Crippen LogP contribution in [0.25, 0.3) is 0 Å². The van der Waals surface area contributed by atoms with Crippen LogP contribution < -0.4 is 10.6 Å². The number of hydrogen-bond donors (Lipinski definition) is 2. The zero-order valence-corrected chi connectivity index (χ0v) is 12.6. The van der Waals surface area contributed by atoms with Crippen molar-refractivity contribution in [3.05, 3.63) is 11.2 Å². The molecule has 4 nitrogen and oxygen atoms in total. The molecule has 2 N–H and O–H groups in total. The second-order valence-corrected chi connectivity index (χ2v) is 5.74. The molecule has 19 heavy (non-hydrogen) atoms. The summed E-state index contributed by atoms with van der Waals surface area (Å²) >= 11 is 6.16. The van der Waals surface area contributed by atoms with Crippen molar-refractivity contribution in [1.29, 1.82) is 0 Å². The van der Waals surface area contributed by atoms with Gasteiger partial charge in [0.25, 0.3) is 0 Å². The summed E-state index contributed by atoms with van der Waals surface area (Å²) in [6.45, 7) is 6.06. The first-order chi connectivity index (χ1) is 9.19. The van der Waals surface area contributed by atoms with Crippen molar-refractivity contribution >= 4 is 23.4 Å². The molecule has 0 saturated heterocycles. The summed E-state index contributed by atoms with van der Waals surface area (Å²) < 4.78 is 0. The minimum atomic E-state index is 0.423. The normalized spacial score (nSPS) is 17.4. The molecule has 2 rings (SSSR count). The van der Waals surface area contributed by atoms with Crippen LogP contribution in [0.1, 0.15) is 46.0 Å². The van der Waals surface area contributed by atoms with Gasteiger partial charge in [-0.2, -0.15) is 4.98 Å². The third-order valence-corrected chi connectivity index (χ3v) is 4.40. The average molecular weight is 283 g/mol.